The highest BCUT2D eigenvalue weighted by Gasteiger charge is 2.17. The first-order chi connectivity index (χ1) is 10.2. The summed E-state index contributed by atoms with van der Waals surface area (Å²) in [5.41, 5.74) is 4.96. The Hall–Kier alpha value is -1.56. The topological polar surface area (TPSA) is 56.5 Å². The van der Waals surface area contributed by atoms with E-state index in [4.69, 9.17) is 15.3 Å². The molecule has 1 atom stereocenters. The molecule has 2 aromatic rings. The molecule has 112 valence electrons. The molecule has 0 aliphatic rings. The van der Waals surface area contributed by atoms with Gasteiger partial charge in [-0.05, 0) is 30.2 Å². The van der Waals surface area contributed by atoms with Crippen molar-refractivity contribution >= 4 is 15.9 Å². The fourth-order valence-electron chi connectivity index (χ4n) is 2.32. The molecule has 2 aromatic carbocycles. The van der Waals surface area contributed by atoms with Gasteiger partial charge in [-0.15, -0.1) is 0 Å². The van der Waals surface area contributed by atoms with Gasteiger partial charge in [-0.1, -0.05) is 40.2 Å². The minimum absolute atomic E-state index is 0.0654. The zero-order chi connectivity index (χ0) is 15.2. The molecule has 0 bridgehead atoms. The lowest BCUT2D eigenvalue weighted by molar-refractivity contribution is 0.393. The maximum atomic E-state index is 5.75. The van der Waals surface area contributed by atoms with Crippen molar-refractivity contribution in [2.24, 2.45) is 5.84 Å². The number of ether oxygens (including phenoxy) is 2. The number of hydrogen-bond donors (Lipinski definition) is 2. The van der Waals surface area contributed by atoms with E-state index in [-0.39, 0.29) is 6.04 Å². The molecule has 0 heterocycles. The van der Waals surface area contributed by atoms with E-state index < -0.39 is 0 Å². The van der Waals surface area contributed by atoms with Gasteiger partial charge in [0.15, 0.2) is 0 Å². The Balaban J connectivity index is 2.32. The number of para-hydroxylation sites is 1. The average molecular weight is 351 g/mol. The number of nitrogens with one attached hydrogen (secondary N) is 1. The molecule has 0 aliphatic heterocycles. The number of hydrazine groups is 1. The second kappa shape index (κ2) is 7.45. The van der Waals surface area contributed by atoms with Gasteiger partial charge < -0.3 is 9.47 Å². The summed E-state index contributed by atoms with van der Waals surface area (Å²) in [6.45, 7) is 0. The summed E-state index contributed by atoms with van der Waals surface area (Å²) in [7, 11) is 3.33. The maximum Gasteiger partial charge on any atom is 0.124 e. The van der Waals surface area contributed by atoms with Crippen LogP contribution in [0.25, 0.3) is 0 Å². The number of rotatable bonds is 6. The van der Waals surface area contributed by atoms with Crippen molar-refractivity contribution in [3.05, 3.63) is 58.1 Å². The molecule has 0 spiro atoms. The van der Waals surface area contributed by atoms with Crippen molar-refractivity contribution in [2.75, 3.05) is 14.2 Å². The molecule has 3 N–H and O–H groups in total. The Morgan fingerprint density at radius 3 is 2.48 bits per heavy atom. The lowest BCUT2D eigenvalue weighted by Crippen LogP contribution is -2.30. The summed E-state index contributed by atoms with van der Waals surface area (Å²) in [5, 5.41) is 0. The van der Waals surface area contributed by atoms with Crippen LogP contribution in [0.4, 0.5) is 0 Å². The van der Waals surface area contributed by atoms with E-state index in [0.717, 1.165) is 27.1 Å². The molecule has 0 saturated heterocycles. The molecule has 1 unspecified atom stereocenters. The van der Waals surface area contributed by atoms with Crippen LogP contribution in [0.3, 0.4) is 0 Å². The summed E-state index contributed by atoms with van der Waals surface area (Å²) in [4.78, 5) is 0. The third kappa shape index (κ3) is 3.75. The van der Waals surface area contributed by atoms with E-state index in [1.165, 1.54) is 0 Å². The van der Waals surface area contributed by atoms with Gasteiger partial charge in [-0.2, -0.15) is 0 Å². The van der Waals surface area contributed by atoms with Gasteiger partial charge in [-0.25, -0.2) is 0 Å². The van der Waals surface area contributed by atoms with Crippen LogP contribution in [0.5, 0.6) is 11.5 Å². The molecule has 0 saturated carbocycles. The van der Waals surface area contributed by atoms with E-state index >= 15 is 0 Å². The third-order valence-electron chi connectivity index (χ3n) is 3.39. The van der Waals surface area contributed by atoms with Gasteiger partial charge in [0.1, 0.15) is 11.5 Å². The lowest BCUT2D eigenvalue weighted by Gasteiger charge is -2.20. The highest BCUT2D eigenvalue weighted by atomic mass is 79.9. The Labute approximate surface area is 133 Å². The number of benzene rings is 2. The van der Waals surface area contributed by atoms with Gasteiger partial charge in [0.05, 0.1) is 20.3 Å². The third-order valence-corrected chi connectivity index (χ3v) is 3.88. The van der Waals surface area contributed by atoms with Gasteiger partial charge in [0.2, 0.25) is 0 Å². The maximum absolute atomic E-state index is 5.75. The van der Waals surface area contributed by atoms with Crippen LogP contribution in [0.1, 0.15) is 17.2 Å². The van der Waals surface area contributed by atoms with Crippen LogP contribution in [0, 0.1) is 0 Å². The van der Waals surface area contributed by atoms with Crippen LogP contribution in [0.2, 0.25) is 0 Å². The Morgan fingerprint density at radius 2 is 1.81 bits per heavy atom. The molecule has 21 heavy (non-hydrogen) atoms. The van der Waals surface area contributed by atoms with Crippen LogP contribution >= 0.6 is 15.9 Å². The predicted octanol–water partition coefficient (Wildman–Crippen LogP) is 3.21. The normalized spacial score (nSPS) is 12.0. The number of hydrogen-bond acceptors (Lipinski definition) is 4. The molecule has 0 amide bonds. The minimum atomic E-state index is -0.0654. The Bertz CT molecular complexity index is 605. The summed E-state index contributed by atoms with van der Waals surface area (Å²) in [6, 6.07) is 13.8. The molecular formula is C16H19BrN2O2. The lowest BCUT2D eigenvalue weighted by atomic mass is 9.98. The van der Waals surface area contributed by atoms with E-state index in [0.29, 0.717) is 6.42 Å². The fraction of sp³-hybridized carbons (Fsp3) is 0.250. The fourth-order valence-corrected chi connectivity index (χ4v) is 2.66. The quantitative estimate of drug-likeness (QED) is 0.620. The van der Waals surface area contributed by atoms with Gasteiger partial charge in [-0.3, -0.25) is 11.3 Å². The average Bonchev–Trinajstić information content (AvgIpc) is 2.53. The first-order valence-electron chi connectivity index (χ1n) is 6.61. The monoisotopic (exact) mass is 350 g/mol. The van der Waals surface area contributed by atoms with Crippen LogP contribution < -0.4 is 20.7 Å². The largest absolute Gasteiger partial charge is 0.496 e. The molecular weight excluding hydrogens is 332 g/mol. The Kier molecular flexibility index (Phi) is 5.61. The van der Waals surface area contributed by atoms with E-state index in [1.54, 1.807) is 14.2 Å². The molecule has 0 aliphatic carbocycles. The molecule has 4 nitrogen and oxygen atoms in total. The minimum Gasteiger partial charge on any atom is -0.496 e. The van der Waals surface area contributed by atoms with Crippen molar-refractivity contribution < 1.29 is 9.47 Å². The van der Waals surface area contributed by atoms with Crippen molar-refractivity contribution in [3.63, 3.8) is 0 Å². The molecule has 0 aromatic heterocycles. The highest BCUT2D eigenvalue weighted by Crippen LogP contribution is 2.31. The summed E-state index contributed by atoms with van der Waals surface area (Å²) in [6.07, 6.45) is 0.707. The van der Waals surface area contributed by atoms with Crippen LogP contribution in [-0.2, 0) is 6.42 Å². The summed E-state index contributed by atoms with van der Waals surface area (Å²) in [5.74, 6) is 7.40. The number of nitrogens with two attached hydrogens (primary N) is 1. The van der Waals surface area contributed by atoms with Crippen molar-refractivity contribution in [2.45, 2.75) is 12.5 Å². The van der Waals surface area contributed by atoms with Crippen LogP contribution in [-0.4, -0.2) is 14.2 Å². The summed E-state index contributed by atoms with van der Waals surface area (Å²) < 4.78 is 11.8. The number of halogens is 1. The van der Waals surface area contributed by atoms with Crippen molar-refractivity contribution in [1.29, 1.82) is 0 Å². The zero-order valence-electron chi connectivity index (χ0n) is 12.1. The molecule has 2 rings (SSSR count). The van der Waals surface area contributed by atoms with Gasteiger partial charge >= 0.3 is 0 Å². The highest BCUT2D eigenvalue weighted by molar-refractivity contribution is 9.10. The predicted molar refractivity (Wildman–Crippen MR) is 87.5 cm³/mol. The smallest absolute Gasteiger partial charge is 0.124 e. The van der Waals surface area contributed by atoms with Crippen molar-refractivity contribution in [3.8, 4) is 11.5 Å². The first-order valence-corrected chi connectivity index (χ1v) is 7.40. The second-order valence-corrected chi connectivity index (χ2v) is 5.54. The molecule has 0 fully saturated rings. The second-order valence-electron chi connectivity index (χ2n) is 4.62. The van der Waals surface area contributed by atoms with Gasteiger partial charge in [0, 0.05) is 10.0 Å². The van der Waals surface area contributed by atoms with E-state index in [2.05, 4.69) is 21.4 Å². The standard InChI is InChI=1S/C16H19BrN2O2/c1-20-15-6-4-3-5-11(15)9-14(19-18)13-8-7-12(17)10-16(13)21-2/h3-8,10,14,19H,9,18H2,1-2H3. The van der Waals surface area contributed by atoms with Gasteiger partial charge in [0.25, 0.3) is 0 Å². The number of methoxy groups -OCH3 is 2. The molecule has 5 heteroatoms. The SMILES string of the molecule is COc1ccccc1CC(NN)c1ccc(Br)cc1OC. The Morgan fingerprint density at radius 1 is 1.10 bits per heavy atom. The first kappa shape index (κ1) is 15.8. The van der Waals surface area contributed by atoms with Crippen molar-refractivity contribution in [1.82, 2.24) is 5.43 Å². The summed E-state index contributed by atoms with van der Waals surface area (Å²) >= 11 is 3.45. The van der Waals surface area contributed by atoms with Crippen LogP contribution in [0.15, 0.2) is 46.9 Å². The van der Waals surface area contributed by atoms with E-state index in [9.17, 15) is 0 Å². The zero-order valence-corrected chi connectivity index (χ0v) is 13.7. The molecule has 0 radical (unpaired) electrons. The van der Waals surface area contributed by atoms with E-state index in [1.807, 2.05) is 42.5 Å².